The highest BCUT2D eigenvalue weighted by atomic mass is 13.8. The molecule has 1 rings (SSSR count). The van der Waals surface area contributed by atoms with Crippen molar-refractivity contribution in [3.05, 3.63) is 35.9 Å². The van der Waals surface area contributed by atoms with Crippen molar-refractivity contribution in [2.75, 3.05) is 0 Å². The van der Waals surface area contributed by atoms with E-state index in [9.17, 15) is 0 Å². The Morgan fingerprint density at radius 2 is 1.07 bits per heavy atom. The molecule has 1 aromatic carbocycles. The molecule has 0 aliphatic rings. The van der Waals surface area contributed by atoms with E-state index in [2.05, 4.69) is 39.8 Å². The zero-order valence-corrected chi connectivity index (χ0v) is 7.96. The van der Waals surface area contributed by atoms with Crippen molar-refractivity contribution in [1.82, 2.24) is 0 Å². The quantitative estimate of drug-likeness (QED) is 0.511. The highest BCUT2D eigenvalue weighted by Crippen LogP contribution is 1.92. The summed E-state index contributed by atoms with van der Waals surface area (Å²) in [5.74, 6) is 0.833. The lowest BCUT2D eigenvalue weighted by molar-refractivity contribution is 0.737. The number of aryl methyl sites for hydroxylation is 1. The monoisotopic (exact) mass is 198 g/mol. The Hall–Kier alpha value is -0.780. The summed E-state index contributed by atoms with van der Waals surface area (Å²) >= 11 is 0. The van der Waals surface area contributed by atoms with Gasteiger partial charge in [0.05, 0.1) is 0 Å². The molecule has 0 radical (unpaired) electrons. The minimum Gasteiger partial charge on any atom is -0.0776 e. The summed E-state index contributed by atoms with van der Waals surface area (Å²) in [6.07, 6.45) is 0. The molecule has 0 aliphatic heterocycles. The van der Waals surface area contributed by atoms with Crippen molar-refractivity contribution in [2.24, 2.45) is 5.92 Å². The predicted octanol–water partition coefficient (Wildman–Crippen LogP) is 5.57. The average Bonchev–Trinajstić information content (AvgIpc) is 1.87. The van der Waals surface area contributed by atoms with Crippen LogP contribution in [0.25, 0.3) is 0 Å². The SMILES string of the molecule is C.C.C.CC(C)C.Cc1ccccc1. The molecule has 0 spiro atoms. The summed E-state index contributed by atoms with van der Waals surface area (Å²) in [4.78, 5) is 0. The maximum absolute atomic E-state index is 2.17. The molecule has 0 bridgehead atoms. The van der Waals surface area contributed by atoms with Crippen LogP contribution in [0.2, 0.25) is 0 Å². The van der Waals surface area contributed by atoms with Crippen LogP contribution in [0.15, 0.2) is 30.3 Å². The normalized spacial score (nSPS) is 6.93. The summed E-state index contributed by atoms with van der Waals surface area (Å²) in [5.41, 5.74) is 1.32. The molecule has 0 aliphatic carbocycles. The van der Waals surface area contributed by atoms with Gasteiger partial charge in [-0.15, -0.1) is 0 Å². The van der Waals surface area contributed by atoms with Gasteiger partial charge in [-0.1, -0.05) is 78.9 Å². The van der Waals surface area contributed by atoms with Gasteiger partial charge in [0.15, 0.2) is 0 Å². The Bertz CT molecular complexity index is 160. The molecular formula is C14H30. The second-order valence-corrected chi connectivity index (χ2v) is 3.39. The first-order valence-electron chi connectivity index (χ1n) is 4.14. The second kappa shape index (κ2) is 14.7. The molecule has 0 heteroatoms. The summed E-state index contributed by atoms with van der Waals surface area (Å²) in [5, 5.41) is 0. The van der Waals surface area contributed by atoms with Crippen molar-refractivity contribution in [1.29, 1.82) is 0 Å². The van der Waals surface area contributed by atoms with Crippen LogP contribution >= 0.6 is 0 Å². The highest BCUT2D eigenvalue weighted by molar-refractivity contribution is 5.11. The highest BCUT2D eigenvalue weighted by Gasteiger charge is 1.72. The first kappa shape index (κ1) is 23.2. The van der Waals surface area contributed by atoms with E-state index in [1.54, 1.807) is 0 Å². The van der Waals surface area contributed by atoms with Gasteiger partial charge in [0.2, 0.25) is 0 Å². The maximum atomic E-state index is 2.17. The molecule has 1 aromatic rings. The van der Waals surface area contributed by atoms with E-state index in [0.29, 0.717) is 0 Å². The van der Waals surface area contributed by atoms with E-state index in [1.165, 1.54) is 5.56 Å². The van der Waals surface area contributed by atoms with Crippen molar-refractivity contribution < 1.29 is 0 Å². The number of hydrogen-bond donors (Lipinski definition) is 0. The zero-order chi connectivity index (χ0) is 8.69. The lowest BCUT2D eigenvalue weighted by atomic mass is 10.2. The largest absolute Gasteiger partial charge is 0.0776 e. The molecule has 14 heavy (non-hydrogen) atoms. The molecular weight excluding hydrogens is 168 g/mol. The number of rotatable bonds is 0. The van der Waals surface area contributed by atoms with Gasteiger partial charge in [-0.25, -0.2) is 0 Å². The van der Waals surface area contributed by atoms with E-state index in [1.807, 2.05) is 18.2 Å². The van der Waals surface area contributed by atoms with Crippen molar-refractivity contribution in [2.45, 2.75) is 50.0 Å². The molecule has 86 valence electrons. The molecule has 0 unspecified atom stereocenters. The molecule has 0 nitrogen and oxygen atoms in total. The van der Waals surface area contributed by atoms with E-state index in [0.717, 1.165) is 5.92 Å². The first-order valence-corrected chi connectivity index (χ1v) is 4.14. The lowest BCUT2D eigenvalue weighted by Crippen LogP contribution is -1.66. The van der Waals surface area contributed by atoms with E-state index >= 15 is 0 Å². The first-order chi connectivity index (χ1) is 5.13. The molecule has 0 aromatic heterocycles. The molecule has 0 fully saturated rings. The van der Waals surface area contributed by atoms with E-state index < -0.39 is 0 Å². The minimum atomic E-state index is 0. The van der Waals surface area contributed by atoms with Crippen LogP contribution in [0.4, 0.5) is 0 Å². The predicted molar refractivity (Wildman–Crippen MR) is 71.9 cm³/mol. The Morgan fingerprint density at radius 1 is 0.786 bits per heavy atom. The van der Waals surface area contributed by atoms with Crippen LogP contribution in [-0.2, 0) is 0 Å². The van der Waals surface area contributed by atoms with E-state index in [-0.39, 0.29) is 22.3 Å². The second-order valence-electron chi connectivity index (χ2n) is 3.39. The third-order valence-electron chi connectivity index (χ3n) is 0.940. The van der Waals surface area contributed by atoms with Gasteiger partial charge in [0, 0.05) is 0 Å². The van der Waals surface area contributed by atoms with Crippen LogP contribution in [0, 0.1) is 12.8 Å². The minimum absolute atomic E-state index is 0. The van der Waals surface area contributed by atoms with Gasteiger partial charge in [0.1, 0.15) is 0 Å². The van der Waals surface area contributed by atoms with Gasteiger partial charge >= 0.3 is 0 Å². The fraction of sp³-hybridized carbons (Fsp3) is 0.571. The topological polar surface area (TPSA) is 0 Å². The fourth-order valence-corrected chi connectivity index (χ4v) is 0.534. The number of benzene rings is 1. The van der Waals surface area contributed by atoms with Gasteiger partial charge in [0.25, 0.3) is 0 Å². The molecule has 0 saturated heterocycles. The zero-order valence-electron chi connectivity index (χ0n) is 7.96. The van der Waals surface area contributed by atoms with Crippen LogP contribution < -0.4 is 0 Å². The van der Waals surface area contributed by atoms with Gasteiger partial charge in [-0.05, 0) is 12.8 Å². The Balaban J connectivity index is -0.0000000650. The van der Waals surface area contributed by atoms with Gasteiger partial charge < -0.3 is 0 Å². The van der Waals surface area contributed by atoms with Crippen molar-refractivity contribution in [3.8, 4) is 0 Å². The van der Waals surface area contributed by atoms with Crippen LogP contribution in [0.5, 0.6) is 0 Å². The third-order valence-corrected chi connectivity index (χ3v) is 0.940. The summed E-state index contributed by atoms with van der Waals surface area (Å²) in [6.45, 7) is 8.58. The summed E-state index contributed by atoms with van der Waals surface area (Å²) in [6, 6.07) is 10.3. The van der Waals surface area contributed by atoms with Crippen LogP contribution in [0.1, 0.15) is 48.6 Å². The third kappa shape index (κ3) is 22.5. The molecule has 0 atom stereocenters. The van der Waals surface area contributed by atoms with Gasteiger partial charge in [-0.2, -0.15) is 0 Å². The maximum Gasteiger partial charge on any atom is -0.0398 e. The summed E-state index contributed by atoms with van der Waals surface area (Å²) < 4.78 is 0. The Kier molecular flexibility index (Phi) is 24.4. The van der Waals surface area contributed by atoms with Crippen LogP contribution in [-0.4, -0.2) is 0 Å². The fourth-order valence-electron chi connectivity index (χ4n) is 0.534. The molecule has 0 amide bonds. The Morgan fingerprint density at radius 3 is 1.21 bits per heavy atom. The molecule has 0 heterocycles. The lowest BCUT2D eigenvalue weighted by Gasteiger charge is -1.82. The van der Waals surface area contributed by atoms with Crippen molar-refractivity contribution in [3.63, 3.8) is 0 Å². The van der Waals surface area contributed by atoms with E-state index in [4.69, 9.17) is 0 Å². The summed E-state index contributed by atoms with van der Waals surface area (Å²) in [7, 11) is 0. The smallest absolute Gasteiger partial charge is 0.0398 e. The van der Waals surface area contributed by atoms with Crippen molar-refractivity contribution >= 4 is 0 Å². The standard InChI is InChI=1S/C7H8.C4H10.3CH4/c1-7-5-3-2-4-6-7;1-4(2)3;;;/h2-6H,1H3;4H,1-3H3;3*1H4. The molecule has 0 saturated carbocycles. The van der Waals surface area contributed by atoms with Crippen LogP contribution in [0.3, 0.4) is 0 Å². The van der Waals surface area contributed by atoms with Gasteiger partial charge in [-0.3, -0.25) is 0 Å². The number of hydrogen-bond acceptors (Lipinski definition) is 0. The molecule has 0 N–H and O–H groups in total. The average molecular weight is 198 g/mol. The Labute approximate surface area is 92.4 Å².